The molecule has 0 saturated carbocycles. The number of ether oxygens (including phenoxy) is 1. The molecule has 104 valence electrons. The second-order valence-electron chi connectivity index (χ2n) is 3.76. The molecule has 0 radical (unpaired) electrons. The molecule has 0 fully saturated rings. The number of amides is 1. The van der Waals surface area contributed by atoms with Crippen molar-refractivity contribution in [3.8, 4) is 5.75 Å². The minimum absolute atomic E-state index is 0.229. The van der Waals surface area contributed by atoms with E-state index in [0.717, 1.165) is 12.3 Å². The fourth-order valence-electron chi connectivity index (χ4n) is 1.51. The molecule has 0 atom stereocenters. The van der Waals surface area contributed by atoms with Gasteiger partial charge in [-0.05, 0) is 18.2 Å². The maximum absolute atomic E-state index is 13.4. The van der Waals surface area contributed by atoms with Gasteiger partial charge in [-0.1, -0.05) is 11.6 Å². The van der Waals surface area contributed by atoms with E-state index in [1.807, 2.05) is 0 Å². The van der Waals surface area contributed by atoms with Crippen LogP contribution in [0.25, 0.3) is 0 Å². The van der Waals surface area contributed by atoms with Gasteiger partial charge in [-0.25, -0.2) is 9.37 Å². The van der Waals surface area contributed by atoms with E-state index in [-0.39, 0.29) is 10.7 Å². The third kappa shape index (κ3) is 2.85. The lowest BCUT2D eigenvalue weighted by atomic mass is 10.2. The van der Waals surface area contributed by atoms with Crippen LogP contribution in [0.2, 0.25) is 5.02 Å². The number of anilines is 1. The molecule has 1 heterocycles. The van der Waals surface area contributed by atoms with E-state index in [9.17, 15) is 13.6 Å². The van der Waals surface area contributed by atoms with Gasteiger partial charge in [-0.15, -0.1) is 0 Å². The first-order valence-corrected chi connectivity index (χ1v) is 5.85. The van der Waals surface area contributed by atoms with Crippen LogP contribution in [0, 0.1) is 11.8 Å². The summed E-state index contributed by atoms with van der Waals surface area (Å²) in [6.45, 7) is 0. The average Bonchev–Trinajstić information content (AvgIpc) is 2.44. The van der Waals surface area contributed by atoms with Gasteiger partial charge in [0, 0.05) is 12.3 Å². The maximum Gasteiger partial charge on any atom is 0.258 e. The molecular formula is C13H9ClF2N2O2. The number of hydrogen-bond donors (Lipinski definition) is 1. The lowest BCUT2D eigenvalue weighted by Gasteiger charge is -2.09. The normalized spacial score (nSPS) is 10.2. The highest BCUT2D eigenvalue weighted by Gasteiger charge is 2.17. The molecule has 2 aromatic rings. The molecule has 0 aliphatic heterocycles. The lowest BCUT2D eigenvalue weighted by Crippen LogP contribution is -2.15. The highest BCUT2D eigenvalue weighted by Crippen LogP contribution is 2.27. The quantitative estimate of drug-likeness (QED) is 0.885. The number of pyridine rings is 1. The number of hydrogen-bond acceptors (Lipinski definition) is 3. The Balaban J connectivity index is 2.30. The zero-order valence-corrected chi connectivity index (χ0v) is 11.0. The average molecular weight is 299 g/mol. The molecule has 1 aromatic carbocycles. The van der Waals surface area contributed by atoms with Crippen molar-refractivity contribution >= 4 is 23.2 Å². The smallest absolute Gasteiger partial charge is 0.258 e. The molecule has 0 unspecified atom stereocenters. The molecule has 0 aliphatic carbocycles. The number of methoxy groups -OCH3 is 1. The summed E-state index contributed by atoms with van der Waals surface area (Å²) < 4.78 is 31.4. The van der Waals surface area contributed by atoms with Crippen LogP contribution >= 0.6 is 11.6 Å². The van der Waals surface area contributed by atoms with Gasteiger partial charge in [0.15, 0.2) is 5.82 Å². The van der Waals surface area contributed by atoms with Gasteiger partial charge in [-0.3, -0.25) is 4.79 Å². The highest BCUT2D eigenvalue weighted by molar-refractivity contribution is 6.34. The van der Waals surface area contributed by atoms with Crippen molar-refractivity contribution < 1.29 is 18.3 Å². The summed E-state index contributed by atoms with van der Waals surface area (Å²) in [6.07, 6.45) is 1.00. The fourth-order valence-corrected chi connectivity index (χ4v) is 1.68. The highest BCUT2D eigenvalue weighted by atomic mass is 35.5. The van der Waals surface area contributed by atoms with E-state index in [1.54, 1.807) is 6.07 Å². The van der Waals surface area contributed by atoms with Crippen molar-refractivity contribution in [2.75, 3.05) is 12.4 Å². The Morgan fingerprint density at radius 1 is 1.35 bits per heavy atom. The fraction of sp³-hybridized carbons (Fsp3) is 0.0769. The summed E-state index contributed by atoms with van der Waals surface area (Å²) in [7, 11) is 1.45. The van der Waals surface area contributed by atoms with Crippen molar-refractivity contribution in [2.24, 2.45) is 0 Å². The van der Waals surface area contributed by atoms with E-state index in [0.29, 0.717) is 5.75 Å². The van der Waals surface area contributed by atoms with Crippen LogP contribution in [-0.4, -0.2) is 18.0 Å². The summed E-state index contributed by atoms with van der Waals surface area (Å²) in [4.78, 5) is 15.0. The molecule has 20 heavy (non-hydrogen) atoms. The molecule has 1 N–H and O–H groups in total. The Morgan fingerprint density at radius 3 is 2.80 bits per heavy atom. The van der Waals surface area contributed by atoms with Crippen LogP contribution in [0.5, 0.6) is 5.75 Å². The predicted octanol–water partition coefficient (Wildman–Crippen LogP) is 3.27. The molecule has 4 nitrogen and oxygen atoms in total. The minimum Gasteiger partial charge on any atom is -0.497 e. The van der Waals surface area contributed by atoms with Gasteiger partial charge in [0.05, 0.1) is 23.4 Å². The number of halogens is 3. The molecule has 1 amide bonds. The third-order valence-electron chi connectivity index (χ3n) is 2.51. The number of carbonyl (C=O) groups excluding carboxylic acids is 1. The lowest BCUT2D eigenvalue weighted by molar-refractivity contribution is 0.102. The Morgan fingerprint density at radius 2 is 2.10 bits per heavy atom. The first kappa shape index (κ1) is 14.2. The largest absolute Gasteiger partial charge is 0.497 e. The van der Waals surface area contributed by atoms with Gasteiger partial charge in [0.25, 0.3) is 5.91 Å². The topological polar surface area (TPSA) is 51.2 Å². The number of aromatic nitrogens is 1. The van der Waals surface area contributed by atoms with Crippen molar-refractivity contribution in [2.45, 2.75) is 0 Å². The van der Waals surface area contributed by atoms with Crippen molar-refractivity contribution in [3.63, 3.8) is 0 Å². The zero-order chi connectivity index (χ0) is 14.7. The Kier molecular flexibility index (Phi) is 4.14. The van der Waals surface area contributed by atoms with E-state index in [4.69, 9.17) is 16.3 Å². The first-order chi connectivity index (χ1) is 9.52. The summed E-state index contributed by atoms with van der Waals surface area (Å²) >= 11 is 5.91. The Hall–Kier alpha value is -2.21. The van der Waals surface area contributed by atoms with E-state index < -0.39 is 23.2 Å². The van der Waals surface area contributed by atoms with Gasteiger partial charge < -0.3 is 10.1 Å². The van der Waals surface area contributed by atoms with Crippen LogP contribution in [0.3, 0.4) is 0 Å². The monoisotopic (exact) mass is 298 g/mol. The zero-order valence-electron chi connectivity index (χ0n) is 10.3. The molecule has 1 aromatic heterocycles. The van der Waals surface area contributed by atoms with Gasteiger partial charge in [0.2, 0.25) is 5.95 Å². The van der Waals surface area contributed by atoms with E-state index >= 15 is 0 Å². The van der Waals surface area contributed by atoms with E-state index in [1.165, 1.54) is 19.2 Å². The summed E-state index contributed by atoms with van der Waals surface area (Å²) in [6, 6.07) is 5.65. The summed E-state index contributed by atoms with van der Waals surface area (Å²) in [5.41, 5.74) is -0.232. The van der Waals surface area contributed by atoms with Crippen LogP contribution in [-0.2, 0) is 0 Å². The van der Waals surface area contributed by atoms with Gasteiger partial charge >= 0.3 is 0 Å². The van der Waals surface area contributed by atoms with Gasteiger partial charge in [-0.2, -0.15) is 4.39 Å². The summed E-state index contributed by atoms with van der Waals surface area (Å²) in [5, 5.41) is 2.63. The molecule has 0 bridgehead atoms. The first-order valence-electron chi connectivity index (χ1n) is 5.48. The van der Waals surface area contributed by atoms with Crippen LogP contribution in [0.4, 0.5) is 14.5 Å². The van der Waals surface area contributed by atoms with Crippen molar-refractivity contribution in [1.82, 2.24) is 4.98 Å². The SMILES string of the molecule is COc1ccc(Cl)c(NC(=O)c2ccnc(F)c2F)c1. The number of carbonyl (C=O) groups is 1. The minimum atomic E-state index is -1.34. The molecule has 0 spiro atoms. The Bertz CT molecular complexity index is 665. The molecule has 0 aliphatic rings. The number of nitrogens with zero attached hydrogens (tertiary/aromatic N) is 1. The van der Waals surface area contributed by atoms with Crippen LogP contribution in [0.15, 0.2) is 30.5 Å². The van der Waals surface area contributed by atoms with Crippen LogP contribution in [0.1, 0.15) is 10.4 Å². The maximum atomic E-state index is 13.4. The van der Waals surface area contributed by atoms with Gasteiger partial charge in [0.1, 0.15) is 5.75 Å². The number of nitrogens with one attached hydrogen (secondary N) is 1. The molecule has 0 saturated heterocycles. The third-order valence-corrected chi connectivity index (χ3v) is 2.84. The molecule has 2 rings (SSSR count). The van der Waals surface area contributed by atoms with Crippen molar-refractivity contribution in [1.29, 1.82) is 0 Å². The second kappa shape index (κ2) is 5.83. The number of benzene rings is 1. The van der Waals surface area contributed by atoms with Crippen molar-refractivity contribution in [3.05, 3.63) is 52.8 Å². The predicted molar refractivity (Wildman–Crippen MR) is 70.1 cm³/mol. The number of rotatable bonds is 3. The summed E-state index contributed by atoms with van der Waals surface area (Å²) in [5.74, 6) is -3.02. The standard InChI is InChI=1S/C13H9ClF2N2O2/c1-20-7-2-3-9(14)10(6-7)18-13(19)8-4-5-17-12(16)11(8)15/h2-6H,1H3,(H,18,19). The Labute approximate surface area is 118 Å². The van der Waals surface area contributed by atoms with Crippen LogP contribution < -0.4 is 10.1 Å². The molecule has 7 heteroatoms. The second-order valence-corrected chi connectivity index (χ2v) is 4.17. The van der Waals surface area contributed by atoms with E-state index in [2.05, 4.69) is 10.3 Å². The molecular weight excluding hydrogens is 290 g/mol.